The molecule has 0 aromatic heterocycles. The Bertz CT molecular complexity index is 658. The second kappa shape index (κ2) is 9.40. The number of nitrogens with one attached hydrogen (secondary N) is 2. The number of carbonyl (C=O) groups is 1. The van der Waals surface area contributed by atoms with E-state index < -0.39 is 10.0 Å². The van der Waals surface area contributed by atoms with Crippen molar-refractivity contribution in [3.8, 4) is 0 Å². The van der Waals surface area contributed by atoms with Gasteiger partial charge in [0.15, 0.2) is 0 Å². The summed E-state index contributed by atoms with van der Waals surface area (Å²) in [5, 5.41) is 6.31. The highest BCUT2D eigenvalue weighted by atomic mass is 35.5. The van der Waals surface area contributed by atoms with Gasteiger partial charge in [0.2, 0.25) is 10.0 Å². The molecule has 1 aliphatic carbocycles. The van der Waals surface area contributed by atoms with Crippen LogP contribution in [-0.4, -0.2) is 44.1 Å². The third-order valence-electron chi connectivity index (χ3n) is 4.33. The molecule has 0 aliphatic heterocycles. The van der Waals surface area contributed by atoms with Crippen LogP contribution in [0, 0.1) is 0 Å². The zero-order valence-corrected chi connectivity index (χ0v) is 16.1. The third-order valence-corrected chi connectivity index (χ3v) is 5.83. The van der Waals surface area contributed by atoms with Crippen LogP contribution in [0.4, 0.5) is 4.79 Å². The molecule has 0 heterocycles. The van der Waals surface area contributed by atoms with Gasteiger partial charge >= 0.3 is 6.03 Å². The number of hydrogen-bond donors (Lipinski definition) is 2. The van der Waals surface area contributed by atoms with E-state index in [4.69, 9.17) is 11.6 Å². The van der Waals surface area contributed by atoms with Crippen LogP contribution >= 0.6 is 11.6 Å². The summed E-state index contributed by atoms with van der Waals surface area (Å²) in [5.74, 6) is 0. The minimum Gasteiger partial charge on any atom is -0.337 e. The number of rotatable bonds is 7. The number of benzene rings is 1. The van der Waals surface area contributed by atoms with E-state index in [-0.39, 0.29) is 31.7 Å². The average molecular weight is 388 g/mol. The minimum atomic E-state index is -3.37. The number of urea groups is 1. The molecular formula is C17H26ClN3O3S. The Hall–Kier alpha value is -1.31. The van der Waals surface area contributed by atoms with Crippen LogP contribution < -0.4 is 10.6 Å². The quantitative estimate of drug-likeness (QED) is 0.755. The summed E-state index contributed by atoms with van der Waals surface area (Å²) in [6.45, 7) is 0.737. The number of nitrogens with zero attached hydrogens (tertiary/aromatic N) is 1. The van der Waals surface area contributed by atoms with E-state index in [2.05, 4.69) is 10.6 Å². The summed E-state index contributed by atoms with van der Waals surface area (Å²) in [5.41, 5.74) is 0.849. The first-order valence-corrected chi connectivity index (χ1v) is 10.8. The Labute approximate surface area is 155 Å². The van der Waals surface area contributed by atoms with Crippen molar-refractivity contribution in [3.05, 3.63) is 34.9 Å². The van der Waals surface area contributed by atoms with Gasteiger partial charge in [-0.05, 0) is 30.5 Å². The second-order valence-corrected chi connectivity index (χ2v) is 8.88. The molecule has 0 radical (unpaired) electrons. The molecule has 0 spiro atoms. The maximum atomic E-state index is 12.0. The third kappa shape index (κ3) is 7.22. The monoisotopic (exact) mass is 387 g/mol. The van der Waals surface area contributed by atoms with E-state index >= 15 is 0 Å². The average Bonchev–Trinajstić information content (AvgIpc) is 2.56. The van der Waals surface area contributed by atoms with Crippen molar-refractivity contribution in [2.45, 2.75) is 44.7 Å². The minimum absolute atomic E-state index is 0.222. The fourth-order valence-electron chi connectivity index (χ4n) is 2.93. The fraction of sp³-hybridized carbons (Fsp3) is 0.588. The molecule has 2 amide bonds. The number of amides is 2. The summed E-state index contributed by atoms with van der Waals surface area (Å²) in [6.07, 6.45) is 6.72. The maximum absolute atomic E-state index is 12.0. The van der Waals surface area contributed by atoms with Gasteiger partial charge in [0.1, 0.15) is 0 Å². The normalized spacial score (nSPS) is 16.0. The molecule has 0 bridgehead atoms. The van der Waals surface area contributed by atoms with Crippen LogP contribution in [0.25, 0.3) is 0 Å². The zero-order chi connectivity index (χ0) is 18.3. The highest BCUT2D eigenvalue weighted by molar-refractivity contribution is 7.88. The van der Waals surface area contributed by atoms with Crippen molar-refractivity contribution in [1.82, 2.24) is 14.9 Å². The van der Waals surface area contributed by atoms with Gasteiger partial charge in [-0.25, -0.2) is 13.2 Å². The molecule has 1 fully saturated rings. The van der Waals surface area contributed by atoms with Crippen molar-refractivity contribution in [2.75, 3.05) is 19.3 Å². The van der Waals surface area contributed by atoms with E-state index in [1.165, 1.54) is 17.0 Å². The first-order valence-electron chi connectivity index (χ1n) is 8.58. The fourth-order valence-corrected chi connectivity index (χ4v) is 3.87. The summed E-state index contributed by atoms with van der Waals surface area (Å²) in [4.78, 5) is 11.9. The lowest BCUT2D eigenvalue weighted by Crippen LogP contribution is -2.45. The van der Waals surface area contributed by atoms with Crippen LogP contribution in [0.1, 0.15) is 37.7 Å². The van der Waals surface area contributed by atoms with Gasteiger partial charge < -0.3 is 10.6 Å². The smallest absolute Gasteiger partial charge is 0.315 e. The van der Waals surface area contributed by atoms with Crippen molar-refractivity contribution in [3.63, 3.8) is 0 Å². The molecular weight excluding hydrogens is 362 g/mol. The molecule has 0 saturated heterocycles. The maximum Gasteiger partial charge on any atom is 0.315 e. The second-order valence-electron chi connectivity index (χ2n) is 6.46. The number of hydrogen-bond acceptors (Lipinski definition) is 3. The van der Waals surface area contributed by atoms with Gasteiger partial charge in [-0.15, -0.1) is 0 Å². The van der Waals surface area contributed by atoms with Crippen LogP contribution in [0.5, 0.6) is 0 Å². The number of halogens is 1. The molecule has 1 aromatic rings. The van der Waals surface area contributed by atoms with Crippen LogP contribution in [0.2, 0.25) is 5.02 Å². The van der Waals surface area contributed by atoms with Gasteiger partial charge in [0, 0.05) is 30.7 Å². The Kier molecular flexibility index (Phi) is 7.53. The molecule has 0 unspecified atom stereocenters. The van der Waals surface area contributed by atoms with Gasteiger partial charge in [-0.2, -0.15) is 4.31 Å². The topological polar surface area (TPSA) is 78.5 Å². The largest absolute Gasteiger partial charge is 0.337 e. The number of carbonyl (C=O) groups excluding carboxylic acids is 1. The standard InChI is InChI=1S/C17H26ClN3O3S/c1-25(23,24)21(13-14-7-9-15(18)10-8-14)12-11-19-17(22)20-16-5-3-2-4-6-16/h7-10,16H,2-6,11-13H2,1H3,(H2,19,20,22). The Morgan fingerprint density at radius 2 is 1.84 bits per heavy atom. The molecule has 1 aliphatic rings. The molecule has 2 N–H and O–H groups in total. The molecule has 1 aromatic carbocycles. The van der Waals surface area contributed by atoms with Crippen molar-refractivity contribution in [1.29, 1.82) is 0 Å². The van der Waals surface area contributed by atoms with Gasteiger partial charge in [0.25, 0.3) is 0 Å². The summed E-state index contributed by atoms with van der Waals surface area (Å²) in [7, 11) is -3.37. The predicted octanol–water partition coefficient (Wildman–Crippen LogP) is 2.73. The molecule has 0 atom stereocenters. The van der Waals surface area contributed by atoms with E-state index in [1.807, 2.05) is 0 Å². The Balaban J connectivity index is 1.81. The van der Waals surface area contributed by atoms with Crippen molar-refractivity contribution >= 4 is 27.7 Å². The summed E-state index contributed by atoms with van der Waals surface area (Å²) < 4.78 is 25.3. The van der Waals surface area contributed by atoms with E-state index in [0.29, 0.717) is 5.02 Å². The lowest BCUT2D eigenvalue weighted by Gasteiger charge is -2.24. The summed E-state index contributed by atoms with van der Waals surface area (Å²) in [6, 6.07) is 7.05. The summed E-state index contributed by atoms with van der Waals surface area (Å²) >= 11 is 5.85. The Morgan fingerprint density at radius 3 is 2.44 bits per heavy atom. The molecule has 1 saturated carbocycles. The van der Waals surface area contributed by atoms with Crippen molar-refractivity contribution < 1.29 is 13.2 Å². The van der Waals surface area contributed by atoms with Crippen LogP contribution in [0.3, 0.4) is 0 Å². The predicted molar refractivity (Wildman–Crippen MR) is 100 cm³/mol. The molecule has 8 heteroatoms. The van der Waals surface area contributed by atoms with E-state index in [0.717, 1.165) is 31.2 Å². The van der Waals surface area contributed by atoms with E-state index in [1.54, 1.807) is 24.3 Å². The van der Waals surface area contributed by atoms with Crippen molar-refractivity contribution in [2.24, 2.45) is 0 Å². The van der Waals surface area contributed by atoms with Crippen LogP contribution in [-0.2, 0) is 16.6 Å². The molecule has 6 nitrogen and oxygen atoms in total. The lowest BCUT2D eigenvalue weighted by molar-refractivity contribution is 0.231. The highest BCUT2D eigenvalue weighted by Crippen LogP contribution is 2.17. The van der Waals surface area contributed by atoms with Gasteiger partial charge in [-0.1, -0.05) is 43.0 Å². The molecule has 25 heavy (non-hydrogen) atoms. The first-order chi connectivity index (χ1) is 11.8. The molecule has 140 valence electrons. The highest BCUT2D eigenvalue weighted by Gasteiger charge is 2.18. The van der Waals surface area contributed by atoms with Crippen LogP contribution in [0.15, 0.2) is 24.3 Å². The zero-order valence-electron chi connectivity index (χ0n) is 14.5. The van der Waals surface area contributed by atoms with E-state index in [9.17, 15) is 13.2 Å². The lowest BCUT2D eigenvalue weighted by atomic mass is 9.96. The van der Waals surface area contributed by atoms with Gasteiger partial charge in [0.05, 0.1) is 6.26 Å². The molecule has 2 rings (SSSR count). The SMILES string of the molecule is CS(=O)(=O)N(CCNC(=O)NC1CCCCC1)Cc1ccc(Cl)cc1. The Morgan fingerprint density at radius 1 is 1.20 bits per heavy atom. The van der Waals surface area contributed by atoms with Gasteiger partial charge in [-0.3, -0.25) is 0 Å². The number of sulfonamides is 1. The first kappa shape index (κ1) is 20.0.